The van der Waals surface area contributed by atoms with Crippen molar-refractivity contribution in [1.29, 1.82) is 0 Å². The van der Waals surface area contributed by atoms with Crippen molar-refractivity contribution in [3.63, 3.8) is 0 Å². The number of amides is 1. The van der Waals surface area contributed by atoms with Gasteiger partial charge in [0.2, 0.25) is 5.91 Å². The van der Waals surface area contributed by atoms with Gasteiger partial charge in [0.05, 0.1) is 6.54 Å². The van der Waals surface area contributed by atoms with Crippen molar-refractivity contribution >= 4 is 17.5 Å². The van der Waals surface area contributed by atoms with Gasteiger partial charge in [-0.15, -0.1) is 0 Å². The van der Waals surface area contributed by atoms with Crippen LogP contribution < -0.4 is 4.74 Å². The summed E-state index contributed by atoms with van der Waals surface area (Å²) in [5, 5.41) is 0.719. The van der Waals surface area contributed by atoms with Crippen LogP contribution in [0.15, 0.2) is 24.3 Å². The molecule has 2 fully saturated rings. The minimum atomic E-state index is 0.283. The molecule has 138 valence electrons. The Morgan fingerprint density at radius 1 is 1.20 bits per heavy atom. The maximum atomic E-state index is 12.5. The van der Waals surface area contributed by atoms with E-state index >= 15 is 0 Å². The monoisotopic (exact) mass is 365 g/mol. The third kappa shape index (κ3) is 5.59. The summed E-state index contributed by atoms with van der Waals surface area (Å²) in [6, 6.07) is 8.10. The molecule has 1 heterocycles. The number of ether oxygens (including phenoxy) is 1. The van der Waals surface area contributed by atoms with Gasteiger partial charge in [-0.05, 0) is 43.7 Å². The van der Waals surface area contributed by atoms with Gasteiger partial charge in [-0.25, -0.2) is 0 Å². The summed E-state index contributed by atoms with van der Waals surface area (Å²) in [5.41, 5.74) is 0. The molecule has 2 aliphatic rings. The van der Waals surface area contributed by atoms with Crippen molar-refractivity contribution in [2.45, 2.75) is 25.8 Å². The largest absolute Gasteiger partial charge is 0.492 e. The lowest BCUT2D eigenvalue weighted by Gasteiger charge is -2.35. The Labute approximate surface area is 155 Å². The first-order valence-corrected chi connectivity index (χ1v) is 9.66. The lowest BCUT2D eigenvalue weighted by atomic mass is 10.3. The molecule has 1 aromatic rings. The molecule has 1 amide bonds. The van der Waals surface area contributed by atoms with Crippen LogP contribution in [0.1, 0.15) is 19.8 Å². The average Bonchev–Trinajstić information content (AvgIpc) is 3.47. The van der Waals surface area contributed by atoms with E-state index in [2.05, 4.69) is 16.7 Å². The second-order valence-corrected chi connectivity index (χ2v) is 7.26. The van der Waals surface area contributed by atoms with Gasteiger partial charge in [0.25, 0.3) is 0 Å². The smallest absolute Gasteiger partial charge is 0.236 e. The molecule has 0 aromatic heterocycles. The van der Waals surface area contributed by atoms with Crippen LogP contribution in [0.3, 0.4) is 0 Å². The molecular formula is C19H28ClN3O2. The van der Waals surface area contributed by atoms with E-state index in [1.165, 1.54) is 12.8 Å². The van der Waals surface area contributed by atoms with Gasteiger partial charge >= 0.3 is 0 Å². The molecule has 0 N–H and O–H groups in total. The zero-order valence-corrected chi connectivity index (χ0v) is 15.7. The first kappa shape index (κ1) is 18.5. The first-order valence-electron chi connectivity index (χ1n) is 9.28. The van der Waals surface area contributed by atoms with E-state index in [9.17, 15) is 4.79 Å². The Morgan fingerprint density at radius 3 is 2.48 bits per heavy atom. The zero-order valence-electron chi connectivity index (χ0n) is 15.0. The highest BCUT2D eigenvalue weighted by atomic mass is 35.5. The van der Waals surface area contributed by atoms with Crippen LogP contribution in [0.4, 0.5) is 0 Å². The second-order valence-electron chi connectivity index (χ2n) is 6.82. The summed E-state index contributed by atoms with van der Waals surface area (Å²) in [5.74, 6) is 1.13. The molecule has 3 rings (SSSR count). The average molecular weight is 366 g/mol. The Morgan fingerprint density at radius 2 is 1.88 bits per heavy atom. The Kier molecular flexibility index (Phi) is 6.57. The standard InChI is InChI=1S/C19H28ClN3O2/c1-2-22(17-5-6-17)15-19(24)23-11-9-21(10-12-23)13-14-25-18-7-3-16(20)4-8-18/h3-4,7-8,17H,2,5-6,9-15H2,1H3. The van der Waals surface area contributed by atoms with E-state index in [4.69, 9.17) is 16.3 Å². The topological polar surface area (TPSA) is 36.0 Å². The summed E-state index contributed by atoms with van der Waals surface area (Å²) in [4.78, 5) is 19.2. The van der Waals surface area contributed by atoms with Crippen LogP contribution in [0.5, 0.6) is 5.75 Å². The molecule has 0 unspecified atom stereocenters. The van der Waals surface area contributed by atoms with Gasteiger partial charge in [0.15, 0.2) is 0 Å². The molecule has 1 aromatic carbocycles. The van der Waals surface area contributed by atoms with Crippen LogP contribution >= 0.6 is 11.6 Å². The van der Waals surface area contributed by atoms with Crippen molar-refractivity contribution in [1.82, 2.24) is 14.7 Å². The minimum Gasteiger partial charge on any atom is -0.492 e. The van der Waals surface area contributed by atoms with Crippen molar-refractivity contribution in [3.8, 4) is 5.75 Å². The second kappa shape index (κ2) is 8.88. The van der Waals surface area contributed by atoms with Gasteiger partial charge in [-0.2, -0.15) is 0 Å². The summed E-state index contributed by atoms with van der Waals surface area (Å²) in [7, 11) is 0. The molecule has 0 bridgehead atoms. The number of benzene rings is 1. The normalized spacial score (nSPS) is 18.6. The maximum absolute atomic E-state index is 12.5. The first-order chi connectivity index (χ1) is 12.2. The highest BCUT2D eigenvalue weighted by Gasteiger charge is 2.30. The quantitative estimate of drug-likeness (QED) is 0.708. The summed E-state index contributed by atoms with van der Waals surface area (Å²) < 4.78 is 5.75. The lowest BCUT2D eigenvalue weighted by molar-refractivity contribution is -0.134. The van der Waals surface area contributed by atoms with Crippen LogP contribution in [-0.4, -0.2) is 79.1 Å². The summed E-state index contributed by atoms with van der Waals surface area (Å²) in [6.45, 7) is 8.72. The number of carbonyl (C=O) groups is 1. The Balaban J connectivity index is 1.34. The minimum absolute atomic E-state index is 0.283. The number of halogens is 1. The molecule has 6 heteroatoms. The third-order valence-electron chi connectivity index (χ3n) is 5.02. The van der Waals surface area contributed by atoms with Gasteiger partial charge < -0.3 is 9.64 Å². The number of nitrogens with zero attached hydrogens (tertiary/aromatic N) is 3. The predicted molar refractivity (Wildman–Crippen MR) is 100 cm³/mol. The molecule has 1 saturated heterocycles. The molecule has 0 radical (unpaired) electrons. The molecule has 1 saturated carbocycles. The van der Waals surface area contributed by atoms with Crippen LogP contribution in [-0.2, 0) is 4.79 Å². The van der Waals surface area contributed by atoms with Crippen molar-refractivity contribution in [3.05, 3.63) is 29.3 Å². The van der Waals surface area contributed by atoms with Crippen LogP contribution in [0.25, 0.3) is 0 Å². The molecule has 0 spiro atoms. The van der Waals surface area contributed by atoms with Crippen LogP contribution in [0, 0.1) is 0 Å². The van der Waals surface area contributed by atoms with Gasteiger partial charge in [-0.1, -0.05) is 18.5 Å². The van der Waals surface area contributed by atoms with Crippen molar-refractivity contribution < 1.29 is 9.53 Å². The number of hydrogen-bond donors (Lipinski definition) is 0. The maximum Gasteiger partial charge on any atom is 0.236 e. The number of hydrogen-bond acceptors (Lipinski definition) is 4. The number of piperazine rings is 1. The van der Waals surface area contributed by atoms with E-state index in [0.29, 0.717) is 19.2 Å². The van der Waals surface area contributed by atoms with Crippen LogP contribution in [0.2, 0.25) is 5.02 Å². The van der Waals surface area contributed by atoms with Gasteiger partial charge in [0, 0.05) is 43.8 Å². The molecule has 1 aliphatic carbocycles. The Hall–Kier alpha value is -1.30. The fourth-order valence-corrected chi connectivity index (χ4v) is 3.38. The van der Waals surface area contributed by atoms with Crippen molar-refractivity contribution in [2.24, 2.45) is 0 Å². The number of rotatable bonds is 8. The van der Waals surface area contributed by atoms with E-state index in [1.807, 2.05) is 29.2 Å². The Bertz CT molecular complexity index is 554. The van der Waals surface area contributed by atoms with Gasteiger partial charge in [-0.3, -0.25) is 14.6 Å². The number of likely N-dealkylation sites (N-methyl/N-ethyl adjacent to an activating group) is 1. The van der Waals surface area contributed by atoms with E-state index < -0.39 is 0 Å². The highest BCUT2D eigenvalue weighted by molar-refractivity contribution is 6.30. The van der Waals surface area contributed by atoms with E-state index in [-0.39, 0.29) is 5.91 Å². The molecule has 0 atom stereocenters. The summed E-state index contributed by atoms with van der Waals surface area (Å²) >= 11 is 5.87. The SMILES string of the molecule is CCN(CC(=O)N1CCN(CCOc2ccc(Cl)cc2)CC1)C1CC1. The van der Waals surface area contributed by atoms with Gasteiger partial charge in [0.1, 0.15) is 12.4 Å². The van der Waals surface area contributed by atoms with Crippen molar-refractivity contribution in [2.75, 3.05) is 52.4 Å². The molecule has 5 nitrogen and oxygen atoms in total. The molecule has 1 aliphatic heterocycles. The number of carbonyl (C=O) groups excluding carboxylic acids is 1. The summed E-state index contributed by atoms with van der Waals surface area (Å²) in [6.07, 6.45) is 2.50. The zero-order chi connectivity index (χ0) is 17.6. The van der Waals surface area contributed by atoms with E-state index in [1.54, 1.807) is 0 Å². The fraction of sp³-hybridized carbons (Fsp3) is 0.632. The molecule has 25 heavy (non-hydrogen) atoms. The fourth-order valence-electron chi connectivity index (χ4n) is 3.26. The third-order valence-corrected chi connectivity index (χ3v) is 5.27. The lowest BCUT2D eigenvalue weighted by Crippen LogP contribution is -2.52. The molecular weight excluding hydrogens is 338 g/mol. The highest BCUT2D eigenvalue weighted by Crippen LogP contribution is 2.26. The predicted octanol–water partition coefficient (Wildman–Crippen LogP) is 2.35. The van der Waals surface area contributed by atoms with E-state index in [0.717, 1.165) is 50.0 Å².